The van der Waals surface area contributed by atoms with Gasteiger partial charge < -0.3 is 4.74 Å². The van der Waals surface area contributed by atoms with Crippen LogP contribution >= 0.6 is 0 Å². The lowest BCUT2D eigenvalue weighted by Gasteiger charge is -2.06. The Balaban J connectivity index is 3.16. The Hall–Kier alpha value is -0.790. The van der Waals surface area contributed by atoms with Crippen LogP contribution in [0, 0.1) is 0 Å². The lowest BCUT2D eigenvalue weighted by Crippen LogP contribution is -2.05. The molecule has 0 aliphatic carbocycles. The van der Waals surface area contributed by atoms with Crippen molar-refractivity contribution in [1.82, 2.24) is 0 Å². The highest BCUT2D eigenvalue weighted by Gasteiger charge is 2.03. The molecule has 0 aliphatic rings. The van der Waals surface area contributed by atoms with Gasteiger partial charge in [-0.2, -0.15) is 0 Å². The summed E-state index contributed by atoms with van der Waals surface area (Å²) in [5, 5.41) is 0. The fourth-order valence-electron chi connectivity index (χ4n) is 6.49. The van der Waals surface area contributed by atoms with Crippen LogP contribution in [-0.2, 0) is 9.53 Å². The molecule has 0 heterocycles. The maximum Gasteiger partial charge on any atom is 0.305 e. The third-order valence-corrected chi connectivity index (χ3v) is 9.65. The zero-order valence-corrected chi connectivity index (χ0v) is 31.3. The summed E-state index contributed by atoms with van der Waals surface area (Å²) in [4.78, 5) is 12.0. The Morgan fingerprint density at radius 3 is 0.978 bits per heavy atom. The van der Waals surface area contributed by atoms with Crippen molar-refractivity contribution in [2.75, 3.05) is 6.61 Å². The second-order valence-electron chi connectivity index (χ2n) is 14.3. The molecule has 2 heteroatoms. The minimum Gasteiger partial charge on any atom is -0.466 e. The molecule has 0 atom stereocenters. The number of rotatable bonds is 39. The second kappa shape index (κ2) is 41.2. The van der Waals surface area contributed by atoms with Gasteiger partial charge in [-0.25, -0.2) is 0 Å². The summed E-state index contributed by atoms with van der Waals surface area (Å²) in [6, 6.07) is 0. The number of allylic oxidation sites excluding steroid dienone is 2. The van der Waals surface area contributed by atoms with E-state index in [1.807, 2.05) is 0 Å². The molecule has 0 bridgehead atoms. The molecule has 0 saturated heterocycles. The van der Waals surface area contributed by atoms with Gasteiger partial charge in [0, 0.05) is 6.42 Å². The van der Waals surface area contributed by atoms with Gasteiger partial charge in [-0.1, -0.05) is 219 Å². The molecular formula is C43H84O2. The fraction of sp³-hybridized carbons (Fsp3) is 0.930. The van der Waals surface area contributed by atoms with Crippen LogP contribution in [-0.4, -0.2) is 12.6 Å². The Kier molecular flexibility index (Phi) is 40.5. The maximum atomic E-state index is 12.0. The summed E-state index contributed by atoms with van der Waals surface area (Å²) in [5.74, 6) is 0.0234. The monoisotopic (exact) mass is 633 g/mol. The third kappa shape index (κ3) is 41.2. The zero-order chi connectivity index (χ0) is 32.6. The predicted octanol–water partition coefficient (Wildman–Crippen LogP) is 15.6. The normalized spacial score (nSPS) is 11.6. The summed E-state index contributed by atoms with van der Waals surface area (Å²) in [5.41, 5.74) is 0. The van der Waals surface area contributed by atoms with Gasteiger partial charge in [-0.3, -0.25) is 4.79 Å². The van der Waals surface area contributed by atoms with Crippen molar-refractivity contribution in [3.8, 4) is 0 Å². The highest BCUT2D eigenvalue weighted by Crippen LogP contribution is 2.16. The van der Waals surface area contributed by atoms with Crippen LogP contribution in [0.15, 0.2) is 12.2 Å². The summed E-state index contributed by atoms with van der Waals surface area (Å²) >= 11 is 0. The molecule has 0 radical (unpaired) electrons. The lowest BCUT2D eigenvalue weighted by molar-refractivity contribution is -0.143. The molecule has 268 valence electrons. The number of carbonyl (C=O) groups excluding carboxylic acids is 1. The molecule has 0 unspecified atom stereocenters. The third-order valence-electron chi connectivity index (χ3n) is 9.65. The molecule has 2 nitrogen and oxygen atoms in total. The molecule has 0 spiro atoms. The first-order valence-electron chi connectivity index (χ1n) is 21.1. The Morgan fingerprint density at radius 1 is 0.356 bits per heavy atom. The zero-order valence-electron chi connectivity index (χ0n) is 31.3. The van der Waals surface area contributed by atoms with Crippen LogP contribution in [0.5, 0.6) is 0 Å². The number of ether oxygens (including phenoxy) is 1. The van der Waals surface area contributed by atoms with Crippen LogP contribution < -0.4 is 0 Å². The minimum absolute atomic E-state index is 0.0234. The molecule has 0 saturated carbocycles. The van der Waals surface area contributed by atoms with E-state index in [2.05, 4.69) is 26.0 Å². The Morgan fingerprint density at radius 2 is 0.622 bits per heavy atom. The van der Waals surface area contributed by atoms with E-state index in [9.17, 15) is 4.79 Å². The van der Waals surface area contributed by atoms with Gasteiger partial charge in [0.05, 0.1) is 6.61 Å². The standard InChI is InChI=1S/C43H84O2/c1-3-5-7-9-11-13-15-17-19-20-21-22-23-24-25-26-27-28-29-31-33-35-37-39-41-43(44)45-42-40-38-36-34-32-30-18-16-14-12-10-8-6-4-2/h14,16H,3-13,15,17-42H2,1-2H3/b16-14-. The van der Waals surface area contributed by atoms with Crippen LogP contribution in [0.3, 0.4) is 0 Å². The van der Waals surface area contributed by atoms with Gasteiger partial charge in [-0.15, -0.1) is 0 Å². The molecule has 0 N–H and O–H groups in total. The topological polar surface area (TPSA) is 26.3 Å². The molecule has 0 aromatic carbocycles. The molecule has 0 aromatic heterocycles. The van der Waals surface area contributed by atoms with Gasteiger partial charge in [0.15, 0.2) is 0 Å². The van der Waals surface area contributed by atoms with E-state index in [1.54, 1.807) is 0 Å². The second-order valence-corrected chi connectivity index (χ2v) is 14.3. The van der Waals surface area contributed by atoms with Crippen molar-refractivity contribution in [2.45, 2.75) is 251 Å². The van der Waals surface area contributed by atoms with E-state index in [1.165, 1.54) is 218 Å². The van der Waals surface area contributed by atoms with Crippen LogP contribution in [0.2, 0.25) is 0 Å². The number of carbonyl (C=O) groups is 1. The summed E-state index contributed by atoms with van der Waals surface area (Å²) in [6.45, 7) is 5.20. The van der Waals surface area contributed by atoms with Gasteiger partial charge in [0.25, 0.3) is 0 Å². The van der Waals surface area contributed by atoms with E-state index in [4.69, 9.17) is 4.74 Å². The Bertz CT molecular complexity index is 568. The molecule has 0 aliphatic heterocycles. The van der Waals surface area contributed by atoms with Crippen molar-refractivity contribution in [3.05, 3.63) is 12.2 Å². The van der Waals surface area contributed by atoms with E-state index < -0.39 is 0 Å². The lowest BCUT2D eigenvalue weighted by atomic mass is 10.0. The van der Waals surface area contributed by atoms with Gasteiger partial charge in [-0.05, 0) is 38.5 Å². The SMILES string of the molecule is CCCCCC/C=C\CCCCCCCCOC(=O)CCCCCCCCCCCCCCCCCCCCCCCCCC. The molecule has 45 heavy (non-hydrogen) atoms. The van der Waals surface area contributed by atoms with Crippen molar-refractivity contribution >= 4 is 5.97 Å². The molecule has 0 rings (SSSR count). The van der Waals surface area contributed by atoms with Gasteiger partial charge in [0.2, 0.25) is 0 Å². The van der Waals surface area contributed by atoms with Crippen molar-refractivity contribution < 1.29 is 9.53 Å². The van der Waals surface area contributed by atoms with E-state index >= 15 is 0 Å². The average Bonchev–Trinajstić information content (AvgIpc) is 3.05. The molecule has 0 amide bonds. The number of hydrogen-bond acceptors (Lipinski definition) is 2. The van der Waals surface area contributed by atoms with E-state index in [0.29, 0.717) is 13.0 Å². The van der Waals surface area contributed by atoms with Crippen LogP contribution in [0.25, 0.3) is 0 Å². The fourth-order valence-corrected chi connectivity index (χ4v) is 6.49. The smallest absolute Gasteiger partial charge is 0.305 e. The average molecular weight is 633 g/mol. The van der Waals surface area contributed by atoms with Crippen molar-refractivity contribution in [2.24, 2.45) is 0 Å². The number of hydrogen-bond donors (Lipinski definition) is 0. The first kappa shape index (κ1) is 44.2. The quantitative estimate of drug-likeness (QED) is 0.0383. The highest BCUT2D eigenvalue weighted by molar-refractivity contribution is 5.69. The number of esters is 1. The number of unbranched alkanes of at least 4 members (excludes halogenated alkanes) is 33. The van der Waals surface area contributed by atoms with E-state index in [-0.39, 0.29) is 5.97 Å². The summed E-state index contributed by atoms with van der Waals surface area (Å²) in [6.07, 6.45) is 54.5. The first-order chi connectivity index (χ1) is 22.3. The summed E-state index contributed by atoms with van der Waals surface area (Å²) in [7, 11) is 0. The van der Waals surface area contributed by atoms with E-state index in [0.717, 1.165) is 12.8 Å². The Labute approximate surface area is 285 Å². The van der Waals surface area contributed by atoms with Crippen molar-refractivity contribution in [3.63, 3.8) is 0 Å². The van der Waals surface area contributed by atoms with Crippen molar-refractivity contribution in [1.29, 1.82) is 0 Å². The molecule has 0 aromatic rings. The summed E-state index contributed by atoms with van der Waals surface area (Å²) < 4.78 is 5.45. The molecular weight excluding hydrogens is 548 g/mol. The molecule has 0 fully saturated rings. The van der Waals surface area contributed by atoms with Gasteiger partial charge in [0.1, 0.15) is 0 Å². The largest absolute Gasteiger partial charge is 0.466 e. The maximum absolute atomic E-state index is 12.0. The highest BCUT2D eigenvalue weighted by atomic mass is 16.5. The first-order valence-corrected chi connectivity index (χ1v) is 21.1. The predicted molar refractivity (Wildman–Crippen MR) is 202 cm³/mol. The van der Waals surface area contributed by atoms with Gasteiger partial charge >= 0.3 is 5.97 Å². The van der Waals surface area contributed by atoms with Crippen LogP contribution in [0.1, 0.15) is 251 Å². The van der Waals surface area contributed by atoms with Crippen LogP contribution in [0.4, 0.5) is 0 Å². The minimum atomic E-state index is 0.0234.